The number of rotatable bonds is 5. The minimum Gasteiger partial charge on any atom is -0.397 e. The monoisotopic (exact) mass is 305 g/mol. The zero-order chi connectivity index (χ0) is 15.2. The first kappa shape index (κ1) is 15.3. The minimum atomic E-state index is -0.283. The average molecular weight is 306 g/mol. The standard InChI is InChI=1S/C15H16ClN3O2/c16-14-8-12(13(17)9-18-14)15(21)19(6-7-20)10-11-4-2-1-3-5-11/h1-5,8-9,20H,6-7,10,17H2. The molecule has 2 aromatic rings. The fourth-order valence-corrected chi connectivity index (χ4v) is 2.13. The predicted octanol–water partition coefficient (Wildman–Crippen LogP) is 1.95. The van der Waals surface area contributed by atoms with Gasteiger partial charge in [0.1, 0.15) is 5.15 Å². The maximum Gasteiger partial charge on any atom is 0.256 e. The molecule has 0 atom stereocenters. The Morgan fingerprint density at radius 3 is 2.71 bits per heavy atom. The van der Waals surface area contributed by atoms with Gasteiger partial charge in [-0.25, -0.2) is 4.98 Å². The van der Waals surface area contributed by atoms with Crippen molar-refractivity contribution < 1.29 is 9.90 Å². The Labute approximate surface area is 128 Å². The van der Waals surface area contributed by atoms with Crippen molar-refractivity contribution >= 4 is 23.2 Å². The number of benzene rings is 1. The van der Waals surface area contributed by atoms with Crippen molar-refractivity contribution in [1.29, 1.82) is 0 Å². The second-order valence-corrected chi connectivity index (χ2v) is 4.92. The summed E-state index contributed by atoms with van der Waals surface area (Å²) in [6, 6.07) is 11.0. The topological polar surface area (TPSA) is 79.5 Å². The number of amides is 1. The Morgan fingerprint density at radius 1 is 1.33 bits per heavy atom. The zero-order valence-corrected chi connectivity index (χ0v) is 12.1. The van der Waals surface area contributed by atoms with E-state index in [9.17, 15) is 9.90 Å². The molecule has 1 heterocycles. The fourth-order valence-electron chi connectivity index (χ4n) is 1.97. The van der Waals surface area contributed by atoms with Gasteiger partial charge in [-0.3, -0.25) is 4.79 Å². The van der Waals surface area contributed by atoms with Crippen molar-refractivity contribution in [3.8, 4) is 0 Å². The van der Waals surface area contributed by atoms with Crippen LogP contribution in [-0.2, 0) is 6.54 Å². The van der Waals surface area contributed by atoms with Gasteiger partial charge in [-0.05, 0) is 11.6 Å². The number of hydrogen-bond acceptors (Lipinski definition) is 4. The van der Waals surface area contributed by atoms with Crippen LogP contribution in [0, 0.1) is 0 Å². The number of nitrogens with zero attached hydrogens (tertiary/aromatic N) is 2. The molecule has 0 aliphatic heterocycles. The van der Waals surface area contributed by atoms with Gasteiger partial charge in [-0.1, -0.05) is 41.9 Å². The van der Waals surface area contributed by atoms with Crippen LogP contribution < -0.4 is 5.73 Å². The quantitative estimate of drug-likeness (QED) is 0.828. The summed E-state index contributed by atoms with van der Waals surface area (Å²) < 4.78 is 0. The van der Waals surface area contributed by atoms with E-state index in [4.69, 9.17) is 17.3 Å². The molecule has 21 heavy (non-hydrogen) atoms. The summed E-state index contributed by atoms with van der Waals surface area (Å²) in [6.07, 6.45) is 1.36. The smallest absolute Gasteiger partial charge is 0.256 e. The highest BCUT2D eigenvalue weighted by atomic mass is 35.5. The van der Waals surface area contributed by atoms with E-state index < -0.39 is 0 Å². The number of hydrogen-bond donors (Lipinski definition) is 2. The zero-order valence-electron chi connectivity index (χ0n) is 11.4. The molecular weight excluding hydrogens is 290 g/mol. The molecule has 110 valence electrons. The molecule has 0 saturated carbocycles. The number of halogens is 1. The second kappa shape index (κ2) is 7.06. The summed E-state index contributed by atoms with van der Waals surface area (Å²) in [5, 5.41) is 9.38. The maximum atomic E-state index is 12.6. The molecule has 0 radical (unpaired) electrons. The molecule has 0 aliphatic rings. The Morgan fingerprint density at radius 2 is 2.05 bits per heavy atom. The lowest BCUT2D eigenvalue weighted by atomic mass is 10.1. The molecule has 6 heteroatoms. The fraction of sp³-hybridized carbons (Fsp3) is 0.200. The minimum absolute atomic E-state index is 0.128. The summed E-state index contributed by atoms with van der Waals surface area (Å²) in [5.74, 6) is -0.283. The first-order valence-electron chi connectivity index (χ1n) is 6.47. The molecule has 1 amide bonds. The molecule has 0 bridgehead atoms. The number of nitrogen functional groups attached to an aromatic ring is 1. The van der Waals surface area contributed by atoms with Crippen LogP contribution in [0.4, 0.5) is 5.69 Å². The summed E-state index contributed by atoms with van der Waals surface area (Å²) in [5.41, 5.74) is 7.31. The molecule has 1 aromatic heterocycles. The predicted molar refractivity (Wildman–Crippen MR) is 81.9 cm³/mol. The average Bonchev–Trinajstić information content (AvgIpc) is 2.49. The van der Waals surface area contributed by atoms with Crippen molar-refractivity contribution in [1.82, 2.24) is 9.88 Å². The van der Waals surface area contributed by atoms with Gasteiger partial charge in [-0.2, -0.15) is 0 Å². The van der Waals surface area contributed by atoms with Crippen molar-refractivity contribution in [3.05, 3.63) is 58.9 Å². The van der Waals surface area contributed by atoms with Crippen molar-refractivity contribution in [2.24, 2.45) is 0 Å². The van der Waals surface area contributed by atoms with Gasteiger partial charge in [0.15, 0.2) is 0 Å². The number of anilines is 1. The van der Waals surface area contributed by atoms with E-state index in [1.165, 1.54) is 17.2 Å². The molecular formula is C15H16ClN3O2. The Kier molecular flexibility index (Phi) is 5.14. The lowest BCUT2D eigenvalue weighted by molar-refractivity contribution is 0.0709. The van der Waals surface area contributed by atoms with E-state index in [0.717, 1.165) is 5.56 Å². The van der Waals surface area contributed by atoms with Crippen LogP contribution in [0.1, 0.15) is 15.9 Å². The third kappa shape index (κ3) is 3.93. The number of carbonyl (C=O) groups is 1. The van der Waals surface area contributed by atoms with E-state index in [1.54, 1.807) is 0 Å². The number of aliphatic hydroxyl groups excluding tert-OH is 1. The van der Waals surface area contributed by atoms with Gasteiger partial charge in [0.25, 0.3) is 5.91 Å². The van der Waals surface area contributed by atoms with Crippen LogP contribution in [0.25, 0.3) is 0 Å². The largest absolute Gasteiger partial charge is 0.397 e. The van der Waals surface area contributed by atoms with Crippen LogP contribution in [0.2, 0.25) is 5.15 Å². The van der Waals surface area contributed by atoms with Gasteiger partial charge in [0, 0.05) is 13.1 Å². The number of nitrogens with two attached hydrogens (primary N) is 1. The van der Waals surface area contributed by atoms with Crippen LogP contribution >= 0.6 is 11.6 Å². The van der Waals surface area contributed by atoms with Gasteiger partial charge in [0.2, 0.25) is 0 Å². The highest BCUT2D eigenvalue weighted by Crippen LogP contribution is 2.18. The SMILES string of the molecule is Nc1cnc(Cl)cc1C(=O)N(CCO)Cc1ccccc1. The number of carbonyl (C=O) groups excluding carboxylic acids is 1. The first-order chi connectivity index (χ1) is 10.1. The number of aromatic nitrogens is 1. The molecule has 0 aliphatic carbocycles. The Bertz CT molecular complexity index is 620. The third-order valence-corrected chi connectivity index (χ3v) is 3.21. The summed E-state index contributed by atoms with van der Waals surface area (Å²) >= 11 is 5.82. The molecule has 0 unspecified atom stereocenters. The van der Waals surface area contributed by atoms with Crippen LogP contribution in [-0.4, -0.2) is 34.0 Å². The first-order valence-corrected chi connectivity index (χ1v) is 6.84. The summed E-state index contributed by atoms with van der Waals surface area (Å²) in [4.78, 5) is 17.9. The highest BCUT2D eigenvalue weighted by molar-refractivity contribution is 6.29. The van der Waals surface area contributed by atoms with Crippen molar-refractivity contribution in [2.45, 2.75) is 6.54 Å². The van der Waals surface area contributed by atoms with E-state index in [0.29, 0.717) is 12.1 Å². The van der Waals surface area contributed by atoms with Gasteiger partial charge in [0.05, 0.1) is 24.1 Å². The summed E-state index contributed by atoms with van der Waals surface area (Å²) in [6.45, 7) is 0.476. The van der Waals surface area contributed by atoms with Crippen molar-refractivity contribution in [2.75, 3.05) is 18.9 Å². The van der Waals surface area contributed by atoms with E-state index in [2.05, 4.69) is 4.98 Å². The van der Waals surface area contributed by atoms with E-state index in [1.807, 2.05) is 30.3 Å². The van der Waals surface area contributed by atoms with Gasteiger partial charge < -0.3 is 15.7 Å². The van der Waals surface area contributed by atoms with Gasteiger partial charge in [-0.15, -0.1) is 0 Å². The molecule has 0 fully saturated rings. The van der Waals surface area contributed by atoms with E-state index in [-0.39, 0.29) is 29.9 Å². The maximum absolute atomic E-state index is 12.6. The molecule has 3 N–H and O–H groups in total. The molecule has 1 aromatic carbocycles. The Hall–Kier alpha value is -2.11. The lowest BCUT2D eigenvalue weighted by Gasteiger charge is -2.22. The highest BCUT2D eigenvalue weighted by Gasteiger charge is 2.18. The summed E-state index contributed by atoms with van der Waals surface area (Å²) in [7, 11) is 0. The van der Waals surface area contributed by atoms with Gasteiger partial charge >= 0.3 is 0 Å². The molecule has 5 nitrogen and oxygen atoms in total. The van der Waals surface area contributed by atoms with Crippen LogP contribution in [0.5, 0.6) is 0 Å². The number of aliphatic hydroxyl groups is 1. The van der Waals surface area contributed by atoms with Crippen LogP contribution in [0.15, 0.2) is 42.6 Å². The Balaban J connectivity index is 2.25. The lowest BCUT2D eigenvalue weighted by Crippen LogP contribution is -2.33. The second-order valence-electron chi connectivity index (χ2n) is 4.53. The van der Waals surface area contributed by atoms with Crippen LogP contribution in [0.3, 0.4) is 0 Å². The number of pyridine rings is 1. The molecule has 0 saturated heterocycles. The van der Waals surface area contributed by atoms with Crippen molar-refractivity contribution in [3.63, 3.8) is 0 Å². The molecule has 0 spiro atoms. The van der Waals surface area contributed by atoms with E-state index >= 15 is 0 Å². The molecule has 2 rings (SSSR count). The normalized spacial score (nSPS) is 10.4. The third-order valence-electron chi connectivity index (χ3n) is 3.01.